The van der Waals surface area contributed by atoms with Gasteiger partial charge < -0.3 is 14.0 Å². The zero-order valence-electron chi connectivity index (χ0n) is 29.8. The molecule has 0 fully saturated rings. The van der Waals surface area contributed by atoms with Crippen LogP contribution < -0.4 is 20.6 Å². The number of aromatic nitrogens is 2. The summed E-state index contributed by atoms with van der Waals surface area (Å²) in [6.45, 7) is 7.00. The van der Waals surface area contributed by atoms with E-state index in [0.29, 0.717) is 0 Å². The van der Waals surface area contributed by atoms with E-state index >= 15 is 0 Å². The number of nitrogens with zero attached hydrogens (tertiary/aromatic N) is 3. The Balaban J connectivity index is 1.35. The van der Waals surface area contributed by atoms with Crippen LogP contribution in [0.2, 0.25) is 0 Å². The molecule has 0 spiro atoms. The van der Waals surface area contributed by atoms with E-state index in [-0.39, 0.29) is 12.1 Å². The van der Waals surface area contributed by atoms with E-state index in [1.54, 1.807) is 0 Å². The Bertz CT molecular complexity index is 3160. The van der Waals surface area contributed by atoms with Crippen molar-refractivity contribution in [1.29, 1.82) is 0 Å². The van der Waals surface area contributed by atoms with Crippen LogP contribution in [0.1, 0.15) is 26.3 Å². The third-order valence-corrected chi connectivity index (χ3v) is 13.0. The van der Waals surface area contributed by atoms with Gasteiger partial charge in [-0.3, -0.25) is 0 Å². The second kappa shape index (κ2) is 10.3. The van der Waals surface area contributed by atoms with Crippen LogP contribution >= 0.6 is 11.3 Å². The summed E-state index contributed by atoms with van der Waals surface area (Å²) in [5, 5.41) is 6.55. The molecule has 0 unspecified atom stereocenters. The maximum Gasteiger partial charge on any atom is 0.267 e. The van der Waals surface area contributed by atoms with E-state index < -0.39 is 0 Å². The largest absolute Gasteiger partial charge is 0.310 e. The molecule has 0 N–H and O–H groups in total. The molecule has 2 aliphatic rings. The second-order valence-corrected chi connectivity index (χ2v) is 16.8. The van der Waals surface area contributed by atoms with Gasteiger partial charge in [-0.15, -0.1) is 11.3 Å². The number of para-hydroxylation sites is 3. The first-order chi connectivity index (χ1) is 26.0. The molecule has 0 saturated heterocycles. The molecule has 53 heavy (non-hydrogen) atoms. The molecular weight excluding hydrogens is 661 g/mol. The fourth-order valence-corrected chi connectivity index (χ4v) is 10.9. The monoisotopic (exact) mass is 695 g/mol. The van der Waals surface area contributed by atoms with Gasteiger partial charge in [0.2, 0.25) is 0 Å². The third-order valence-electron chi connectivity index (χ3n) is 11.8. The van der Waals surface area contributed by atoms with Gasteiger partial charge in [-0.25, -0.2) is 0 Å². The second-order valence-electron chi connectivity index (χ2n) is 15.7. The van der Waals surface area contributed by atoms with Gasteiger partial charge in [0.25, 0.3) is 6.71 Å². The molecule has 0 atom stereocenters. The highest BCUT2D eigenvalue weighted by Gasteiger charge is 2.45. The summed E-state index contributed by atoms with van der Waals surface area (Å²) in [5.41, 5.74) is 15.5. The number of anilines is 3. The van der Waals surface area contributed by atoms with Crippen LogP contribution in [0.5, 0.6) is 0 Å². The smallest absolute Gasteiger partial charge is 0.267 e. The molecule has 10 aromatic rings. The van der Waals surface area contributed by atoms with Crippen LogP contribution in [0.25, 0.3) is 65.1 Å². The van der Waals surface area contributed by atoms with Crippen LogP contribution in [-0.4, -0.2) is 15.8 Å². The van der Waals surface area contributed by atoms with Gasteiger partial charge in [-0.2, -0.15) is 0 Å². The Hall–Kier alpha value is -6.04. The van der Waals surface area contributed by atoms with E-state index in [2.05, 4.69) is 186 Å². The quantitative estimate of drug-likeness (QED) is 0.164. The molecule has 0 aliphatic carbocycles. The first-order valence-corrected chi connectivity index (χ1v) is 19.4. The standard InChI is InChI=1S/C48H34BN3S/c1-48(2,3)29-25-26-38-34(27-29)36-28-35-32-19-10-12-21-37(32)50(30-15-6-4-7-16-30)44(35)43-45(36)52(38)40-23-14-22-39-42(40)49(43)47-46(33-20-11-13-24-41(33)53-47)51(39)31-17-8-5-9-18-31/h4-28H,1-3H3. The van der Waals surface area contributed by atoms with E-state index in [4.69, 9.17) is 0 Å². The van der Waals surface area contributed by atoms with Gasteiger partial charge in [0.1, 0.15) is 0 Å². The predicted molar refractivity (Wildman–Crippen MR) is 229 cm³/mol. The summed E-state index contributed by atoms with van der Waals surface area (Å²) in [5.74, 6) is 0. The molecule has 0 saturated carbocycles. The highest BCUT2D eigenvalue weighted by molar-refractivity contribution is 7.34. The van der Waals surface area contributed by atoms with Crippen molar-refractivity contribution in [3.63, 3.8) is 0 Å². The van der Waals surface area contributed by atoms with Crippen molar-refractivity contribution in [3.05, 3.63) is 157 Å². The number of hydrogen-bond donors (Lipinski definition) is 0. The zero-order valence-corrected chi connectivity index (χ0v) is 30.6. The highest BCUT2D eigenvalue weighted by Crippen LogP contribution is 2.47. The molecule has 5 heteroatoms. The third kappa shape index (κ3) is 3.80. The lowest BCUT2D eigenvalue weighted by atomic mass is 9.36. The lowest BCUT2D eigenvalue weighted by Gasteiger charge is -2.39. The number of rotatable bonds is 2. The molecule has 0 bridgehead atoms. The van der Waals surface area contributed by atoms with Crippen molar-refractivity contribution in [3.8, 4) is 11.4 Å². The maximum absolute atomic E-state index is 2.61. The Morgan fingerprint density at radius 2 is 1.13 bits per heavy atom. The van der Waals surface area contributed by atoms with Gasteiger partial charge in [0, 0.05) is 59.2 Å². The Morgan fingerprint density at radius 3 is 1.92 bits per heavy atom. The predicted octanol–water partition coefficient (Wildman–Crippen LogP) is 11.0. The molecule has 5 heterocycles. The summed E-state index contributed by atoms with van der Waals surface area (Å²) in [6, 6.07) is 56.7. The number of thiophene rings is 1. The average molecular weight is 696 g/mol. The van der Waals surface area contributed by atoms with Crippen LogP contribution in [0, 0.1) is 0 Å². The van der Waals surface area contributed by atoms with E-state index in [1.165, 1.54) is 103 Å². The molecule has 250 valence electrons. The minimum Gasteiger partial charge on any atom is -0.310 e. The van der Waals surface area contributed by atoms with E-state index in [0.717, 1.165) is 0 Å². The van der Waals surface area contributed by atoms with Crippen molar-refractivity contribution in [2.45, 2.75) is 26.2 Å². The zero-order chi connectivity index (χ0) is 35.2. The van der Waals surface area contributed by atoms with Crippen molar-refractivity contribution >= 4 is 105 Å². The van der Waals surface area contributed by atoms with Gasteiger partial charge in [-0.05, 0) is 88.6 Å². The molecule has 3 nitrogen and oxygen atoms in total. The summed E-state index contributed by atoms with van der Waals surface area (Å²) in [4.78, 5) is 2.54. The molecule has 12 rings (SSSR count). The molecule has 2 aliphatic heterocycles. The van der Waals surface area contributed by atoms with Crippen LogP contribution in [0.4, 0.5) is 17.1 Å². The molecule has 3 aromatic heterocycles. The minimum atomic E-state index is 0.0255. The molecule has 0 amide bonds. The van der Waals surface area contributed by atoms with E-state index in [9.17, 15) is 0 Å². The van der Waals surface area contributed by atoms with Crippen molar-refractivity contribution in [1.82, 2.24) is 9.13 Å². The first kappa shape index (κ1) is 29.5. The topological polar surface area (TPSA) is 13.1 Å². The van der Waals surface area contributed by atoms with Gasteiger partial charge >= 0.3 is 0 Å². The fraction of sp³-hybridized carbons (Fsp3) is 0.0833. The summed E-state index contributed by atoms with van der Waals surface area (Å²) in [7, 11) is 0. The number of benzene rings is 7. The van der Waals surface area contributed by atoms with E-state index in [1.807, 2.05) is 11.3 Å². The summed E-state index contributed by atoms with van der Waals surface area (Å²) < 4.78 is 7.88. The van der Waals surface area contributed by atoms with Crippen molar-refractivity contribution < 1.29 is 0 Å². The fourth-order valence-electron chi connectivity index (χ4n) is 9.57. The Labute approximate surface area is 312 Å². The van der Waals surface area contributed by atoms with Crippen molar-refractivity contribution in [2.24, 2.45) is 0 Å². The molecule has 7 aromatic carbocycles. The number of hydrogen-bond acceptors (Lipinski definition) is 2. The van der Waals surface area contributed by atoms with Crippen LogP contribution in [0.15, 0.2) is 152 Å². The summed E-state index contributed by atoms with van der Waals surface area (Å²) >= 11 is 1.97. The van der Waals surface area contributed by atoms with Crippen LogP contribution in [0.3, 0.4) is 0 Å². The SMILES string of the molecule is CC(C)(C)c1ccc2c(c1)c1cc3c4ccccc4n(-c4ccccc4)c3c3c1n2-c1cccc2c1B3c1sc3ccccc3c1N2c1ccccc1. The Morgan fingerprint density at radius 1 is 0.491 bits per heavy atom. The number of fused-ring (bicyclic) bond motifs is 13. The minimum absolute atomic E-state index is 0.0255. The van der Waals surface area contributed by atoms with Gasteiger partial charge in [0.05, 0.1) is 27.8 Å². The molecule has 0 radical (unpaired) electrons. The van der Waals surface area contributed by atoms with Crippen molar-refractivity contribution in [2.75, 3.05) is 4.90 Å². The molecular formula is C48H34BN3S. The average Bonchev–Trinajstić information content (AvgIpc) is 3.85. The maximum atomic E-state index is 2.61. The summed E-state index contributed by atoms with van der Waals surface area (Å²) in [6.07, 6.45) is 0. The lowest BCUT2D eigenvalue weighted by Crippen LogP contribution is -2.59. The highest BCUT2D eigenvalue weighted by atomic mass is 32.1. The van der Waals surface area contributed by atoms with Gasteiger partial charge in [-0.1, -0.05) is 106 Å². The first-order valence-electron chi connectivity index (χ1n) is 18.6. The van der Waals surface area contributed by atoms with Gasteiger partial charge in [0.15, 0.2) is 0 Å². The normalized spacial score (nSPS) is 13.5. The Kier molecular flexibility index (Phi) is 5.74. The lowest BCUT2D eigenvalue weighted by molar-refractivity contribution is 0.591. The van der Waals surface area contributed by atoms with Crippen LogP contribution in [-0.2, 0) is 5.41 Å².